The Hall–Kier alpha value is -0.500. The highest BCUT2D eigenvalue weighted by Crippen LogP contribution is 2.49. The summed E-state index contributed by atoms with van der Waals surface area (Å²) in [6.07, 6.45) is 5.38. The van der Waals surface area contributed by atoms with Crippen molar-refractivity contribution < 1.29 is 9.90 Å². The van der Waals surface area contributed by atoms with Gasteiger partial charge in [0.05, 0.1) is 10.8 Å². The highest BCUT2D eigenvalue weighted by Gasteiger charge is 2.48. The van der Waals surface area contributed by atoms with E-state index < -0.39 is 10.8 Å². The lowest BCUT2D eigenvalue weighted by Crippen LogP contribution is -2.46. The minimum absolute atomic E-state index is 0.000772. The first-order chi connectivity index (χ1) is 5.13. The molecule has 2 bridgehead atoms. The number of carboxylic acids is 1. The molecule has 1 saturated carbocycles. The SMILES string of the molecule is O=C([O-])[C@@]1(Cl)C[C@@H]2C=C[C@@H]1C2. The quantitative estimate of drug-likeness (QED) is 0.421. The Morgan fingerprint density at radius 3 is 2.64 bits per heavy atom. The standard InChI is InChI=1S/C8H9ClO2/c9-8(7(10)11)4-5-1-2-6(8)3-5/h1-2,5-6H,3-4H2,(H,10,11)/p-1/t5-,6-,8-/m1/s1. The van der Waals surface area contributed by atoms with E-state index in [4.69, 9.17) is 11.6 Å². The van der Waals surface area contributed by atoms with Gasteiger partial charge < -0.3 is 9.90 Å². The second-order valence-corrected chi connectivity index (χ2v) is 4.02. The molecule has 0 aromatic carbocycles. The lowest BCUT2D eigenvalue weighted by Gasteiger charge is -2.29. The third-order valence-electron chi connectivity index (χ3n) is 2.66. The van der Waals surface area contributed by atoms with Crippen LogP contribution in [-0.4, -0.2) is 10.8 Å². The Labute approximate surface area is 69.9 Å². The summed E-state index contributed by atoms with van der Waals surface area (Å²) >= 11 is 5.89. The molecule has 0 aromatic rings. The van der Waals surface area contributed by atoms with Crippen molar-refractivity contribution in [2.24, 2.45) is 11.8 Å². The van der Waals surface area contributed by atoms with Crippen molar-refractivity contribution in [3.05, 3.63) is 12.2 Å². The van der Waals surface area contributed by atoms with Gasteiger partial charge in [0.25, 0.3) is 0 Å². The number of fused-ring (bicyclic) bond motifs is 2. The van der Waals surface area contributed by atoms with E-state index in [2.05, 4.69) is 0 Å². The van der Waals surface area contributed by atoms with E-state index in [0.717, 1.165) is 6.42 Å². The van der Waals surface area contributed by atoms with Crippen molar-refractivity contribution in [1.29, 1.82) is 0 Å². The molecule has 0 spiro atoms. The Kier molecular flexibility index (Phi) is 1.31. The van der Waals surface area contributed by atoms with E-state index in [0.29, 0.717) is 12.3 Å². The summed E-state index contributed by atoms with van der Waals surface area (Å²) in [6, 6.07) is 0. The number of alkyl halides is 1. The summed E-state index contributed by atoms with van der Waals surface area (Å²) in [7, 11) is 0. The smallest absolute Gasteiger partial charge is 0.0907 e. The van der Waals surface area contributed by atoms with Gasteiger partial charge in [-0.1, -0.05) is 12.2 Å². The first-order valence-corrected chi connectivity index (χ1v) is 4.09. The molecular weight excluding hydrogens is 164 g/mol. The van der Waals surface area contributed by atoms with Gasteiger partial charge in [-0.15, -0.1) is 11.6 Å². The Morgan fingerprint density at radius 1 is 1.64 bits per heavy atom. The van der Waals surface area contributed by atoms with Crippen molar-refractivity contribution in [2.45, 2.75) is 17.7 Å². The van der Waals surface area contributed by atoms with Crippen molar-refractivity contribution in [1.82, 2.24) is 0 Å². The van der Waals surface area contributed by atoms with Gasteiger partial charge in [-0.25, -0.2) is 0 Å². The van der Waals surface area contributed by atoms with Gasteiger partial charge in [0.1, 0.15) is 0 Å². The maximum atomic E-state index is 10.6. The molecule has 0 amide bonds. The molecule has 2 rings (SSSR count). The number of carbonyl (C=O) groups excluding carboxylic acids is 1. The van der Waals surface area contributed by atoms with Crippen LogP contribution in [0.1, 0.15) is 12.8 Å². The van der Waals surface area contributed by atoms with Crippen molar-refractivity contribution in [3.8, 4) is 0 Å². The average Bonchev–Trinajstić information content (AvgIpc) is 2.45. The highest BCUT2D eigenvalue weighted by atomic mass is 35.5. The van der Waals surface area contributed by atoms with E-state index in [1.807, 2.05) is 12.2 Å². The molecule has 2 nitrogen and oxygen atoms in total. The van der Waals surface area contributed by atoms with Gasteiger partial charge in [-0.05, 0) is 18.8 Å². The minimum Gasteiger partial charge on any atom is -0.548 e. The van der Waals surface area contributed by atoms with Crippen LogP contribution in [0.5, 0.6) is 0 Å². The lowest BCUT2D eigenvalue weighted by atomic mass is 9.93. The van der Waals surface area contributed by atoms with Crippen molar-refractivity contribution in [2.75, 3.05) is 0 Å². The first-order valence-electron chi connectivity index (χ1n) is 3.71. The number of allylic oxidation sites excluding steroid dienone is 2. The van der Waals surface area contributed by atoms with Crippen molar-refractivity contribution >= 4 is 17.6 Å². The topological polar surface area (TPSA) is 40.1 Å². The molecule has 3 heteroatoms. The normalized spacial score (nSPS) is 46.6. The number of hydrogen-bond donors (Lipinski definition) is 0. The molecule has 1 fully saturated rings. The summed E-state index contributed by atoms with van der Waals surface area (Å²) in [4.78, 5) is 9.54. The fourth-order valence-corrected chi connectivity index (χ4v) is 2.39. The molecule has 0 N–H and O–H groups in total. The maximum Gasteiger partial charge on any atom is 0.0907 e. The third kappa shape index (κ3) is 0.822. The molecule has 0 aromatic heterocycles. The average molecular weight is 172 g/mol. The zero-order valence-electron chi connectivity index (χ0n) is 5.92. The summed E-state index contributed by atoms with van der Waals surface area (Å²) in [5.74, 6) is -0.745. The predicted molar refractivity (Wildman–Crippen MR) is 38.9 cm³/mol. The van der Waals surface area contributed by atoms with Crippen LogP contribution in [0.4, 0.5) is 0 Å². The largest absolute Gasteiger partial charge is 0.548 e. The third-order valence-corrected chi connectivity index (χ3v) is 3.25. The number of rotatable bonds is 1. The zero-order chi connectivity index (χ0) is 8.06. The van der Waals surface area contributed by atoms with Crippen LogP contribution in [0.25, 0.3) is 0 Å². The minimum atomic E-state index is -1.11. The van der Waals surface area contributed by atoms with E-state index in [9.17, 15) is 9.90 Å². The van der Waals surface area contributed by atoms with E-state index in [1.165, 1.54) is 0 Å². The van der Waals surface area contributed by atoms with Crippen LogP contribution in [-0.2, 0) is 4.79 Å². The van der Waals surface area contributed by atoms with Crippen LogP contribution < -0.4 is 5.11 Å². The molecule has 3 atom stereocenters. The molecule has 11 heavy (non-hydrogen) atoms. The number of hydrogen-bond acceptors (Lipinski definition) is 2. The van der Waals surface area contributed by atoms with E-state index in [1.54, 1.807) is 0 Å². The maximum absolute atomic E-state index is 10.6. The molecule has 0 saturated heterocycles. The monoisotopic (exact) mass is 171 g/mol. The zero-order valence-corrected chi connectivity index (χ0v) is 6.67. The fraction of sp³-hybridized carbons (Fsp3) is 0.625. The summed E-state index contributed by atoms with van der Waals surface area (Å²) < 4.78 is 0. The fourth-order valence-electron chi connectivity index (χ4n) is 2.03. The van der Waals surface area contributed by atoms with Gasteiger partial charge in [-0.3, -0.25) is 0 Å². The van der Waals surface area contributed by atoms with Crippen LogP contribution in [0.3, 0.4) is 0 Å². The molecule has 2 aliphatic rings. The second kappa shape index (κ2) is 2.01. The van der Waals surface area contributed by atoms with Crippen LogP contribution in [0.2, 0.25) is 0 Å². The van der Waals surface area contributed by atoms with E-state index in [-0.39, 0.29) is 5.92 Å². The van der Waals surface area contributed by atoms with Gasteiger partial charge in [0.2, 0.25) is 0 Å². The summed E-state index contributed by atoms with van der Waals surface area (Å²) in [5.41, 5.74) is 0. The first kappa shape index (κ1) is 7.17. The van der Waals surface area contributed by atoms with Gasteiger partial charge in [0.15, 0.2) is 0 Å². The Balaban J connectivity index is 2.30. The molecular formula is C8H8ClO2-. The van der Waals surface area contributed by atoms with Crippen molar-refractivity contribution in [3.63, 3.8) is 0 Å². The van der Waals surface area contributed by atoms with Gasteiger partial charge in [0, 0.05) is 5.92 Å². The van der Waals surface area contributed by atoms with Crippen LogP contribution in [0.15, 0.2) is 12.2 Å². The lowest BCUT2D eigenvalue weighted by molar-refractivity contribution is -0.310. The molecule has 0 aliphatic heterocycles. The molecule has 0 radical (unpaired) electrons. The predicted octanol–water partition coefficient (Wildman–Crippen LogP) is 0.310. The summed E-state index contributed by atoms with van der Waals surface area (Å²) in [6.45, 7) is 0. The summed E-state index contributed by atoms with van der Waals surface area (Å²) in [5, 5.41) is 10.6. The highest BCUT2D eigenvalue weighted by molar-refractivity contribution is 6.34. The Morgan fingerprint density at radius 2 is 2.36 bits per heavy atom. The number of aliphatic carboxylic acids is 1. The molecule has 2 aliphatic carbocycles. The van der Waals surface area contributed by atoms with E-state index >= 15 is 0 Å². The molecule has 0 unspecified atom stereocenters. The van der Waals surface area contributed by atoms with Gasteiger partial charge in [-0.2, -0.15) is 0 Å². The second-order valence-electron chi connectivity index (χ2n) is 3.34. The van der Waals surface area contributed by atoms with Gasteiger partial charge >= 0.3 is 0 Å². The number of carbonyl (C=O) groups is 1. The Bertz CT molecular complexity index is 236. The van der Waals surface area contributed by atoms with Crippen LogP contribution in [0, 0.1) is 11.8 Å². The number of carboxylic acid groups (broad SMARTS) is 1. The molecule has 60 valence electrons. The number of halogens is 1. The molecule has 0 heterocycles. The van der Waals surface area contributed by atoms with Crippen LogP contribution >= 0.6 is 11.6 Å².